The number of likely N-dealkylation sites (N-methyl/N-ethyl adjacent to an activating group) is 1. The number of nitrogens with zero attached hydrogens (tertiary/aromatic N) is 5. The summed E-state index contributed by atoms with van der Waals surface area (Å²) in [7, 11) is 4.03. The predicted octanol–water partition coefficient (Wildman–Crippen LogP) is 4.99. The van der Waals surface area contributed by atoms with Crippen molar-refractivity contribution in [1.82, 2.24) is 19.4 Å². The molecule has 5 rings (SSSR count). The highest BCUT2D eigenvalue weighted by Gasteiger charge is 2.20. The second kappa shape index (κ2) is 11.0. The van der Waals surface area contributed by atoms with Gasteiger partial charge in [-0.25, -0.2) is 9.78 Å². The zero-order chi connectivity index (χ0) is 28.4. The molecule has 0 spiro atoms. The number of nitrogens with one attached hydrogen (secondary N) is 2. The Balaban J connectivity index is 1.40. The van der Waals surface area contributed by atoms with Crippen LogP contribution in [0.15, 0.2) is 61.1 Å². The summed E-state index contributed by atoms with van der Waals surface area (Å²) in [5, 5.41) is 6.58. The van der Waals surface area contributed by atoms with Gasteiger partial charge in [-0.2, -0.15) is 0 Å². The fourth-order valence-electron chi connectivity index (χ4n) is 4.64. The maximum absolute atomic E-state index is 13.4. The summed E-state index contributed by atoms with van der Waals surface area (Å²) in [6.07, 6.45) is 4.51. The first-order chi connectivity index (χ1) is 19.1. The van der Waals surface area contributed by atoms with Crippen molar-refractivity contribution in [3.8, 4) is 11.4 Å². The van der Waals surface area contributed by atoms with E-state index in [4.69, 9.17) is 4.74 Å². The van der Waals surface area contributed by atoms with Crippen molar-refractivity contribution >= 4 is 40.0 Å². The van der Waals surface area contributed by atoms with E-state index in [1.165, 1.54) is 0 Å². The molecule has 1 aliphatic rings. The number of pyridine rings is 1. The van der Waals surface area contributed by atoms with Gasteiger partial charge in [0.2, 0.25) is 0 Å². The molecule has 2 aromatic carbocycles. The Morgan fingerprint density at radius 2 is 1.68 bits per heavy atom. The van der Waals surface area contributed by atoms with Crippen LogP contribution in [0.25, 0.3) is 22.3 Å². The maximum Gasteiger partial charge on any atom is 0.412 e. The number of carbonyl (C=O) groups is 2. The summed E-state index contributed by atoms with van der Waals surface area (Å²) in [6.45, 7) is 9.37. The van der Waals surface area contributed by atoms with Crippen molar-refractivity contribution in [2.45, 2.75) is 26.4 Å². The summed E-state index contributed by atoms with van der Waals surface area (Å²) < 4.78 is 7.30. The van der Waals surface area contributed by atoms with Gasteiger partial charge in [-0.3, -0.25) is 15.1 Å². The van der Waals surface area contributed by atoms with E-state index in [0.717, 1.165) is 54.2 Å². The minimum atomic E-state index is -0.665. The highest BCUT2D eigenvalue weighted by molar-refractivity contribution is 6.08. The van der Waals surface area contributed by atoms with Gasteiger partial charge in [-0.15, -0.1) is 0 Å². The average Bonchev–Trinajstić information content (AvgIpc) is 3.34. The number of anilines is 3. The lowest BCUT2D eigenvalue weighted by atomic mass is 10.1. The largest absolute Gasteiger partial charge is 0.444 e. The molecule has 10 nitrogen and oxygen atoms in total. The van der Waals surface area contributed by atoms with Crippen LogP contribution in [0.2, 0.25) is 0 Å². The van der Waals surface area contributed by atoms with Gasteiger partial charge in [0.1, 0.15) is 11.4 Å². The Morgan fingerprint density at radius 1 is 0.900 bits per heavy atom. The third-order valence-corrected chi connectivity index (χ3v) is 6.78. The van der Waals surface area contributed by atoms with E-state index in [2.05, 4.69) is 49.6 Å². The Morgan fingerprint density at radius 3 is 2.38 bits per heavy atom. The Hall–Kier alpha value is -4.44. The van der Waals surface area contributed by atoms with Crippen molar-refractivity contribution < 1.29 is 14.3 Å². The Kier molecular flexibility index (Phi) is 7.44. The van der Waals surface area contributed by atoms with Gasteiger partial charge in [-0.1, -0.05) is 6.07 Å². The van der Waals surface area contributed by atoms with E-state index < -0.39 is 11.7 Å². The molecule has 4 aromatic rings. The number of aromatic nitrogens is 3. The van der Waals surface area contributed by atoms with Gasteiger partial charge in [0.25, 0.3) is 5.91 Å². The zero-order valence-electron chi connectivity index (χ0n) is 23.6. The molecule has 2 amide bonds. The number of amides is 2. The van der Waals surface area contributed by atoms with Crippen LogP contribution in [-0.2, 0) is 11.8 Å². The van der Waals surface area contributed by atoms with E-state index in [9.17, 15) is 9.59 Å². The number of benzene rings is 2. The zero-order valence-corrected chi connectivity index (χ0v) is 23.6. The average molecular weight is 542 g/mol. The van der Waals surface area contributed by atoms with Crippen LogP contribution in [0.3, 0.4) is 0 Å². The van der Waals surface area contributed by atoms with Gasteiger partial charge in [0.15, 0.2) is 0 Å². The van der Waals surface area contributed by atoms with E-state index in [1.807, 2.05) is 36.0 Å². The number of ether oxygens (including phenoxy) is 1. The first kappa shape index (κ1) is 27.1. The third-order valence-electron chi connectivity index (χ3n) is 6.78. The summed E-state index contributed by atoms with van der Waals surface area (Å²) in [5.74, 6) is 0.379. The minimum Gasteiger partial charge on any atom is -0.444 e. The molecule has 208 valence electrons. The number of hydrogen-bond donors (Lipinski definition) is 2. The monoisotopic (exact) mass is 541 g/mol. The highest BCUT2D eigenvalue weighted by Crippen LogP contribution is 2.30. The molecule has 0 bridgehead atoms. The molecule has 0 aliphatic carbocycles. The van der Waals surface area contributed by atoms with Crippen LogP contribution in [0.5, 0.6) is 0 Å². The van der Waals surface area contributed by atoms with Crippen LogP contribution in [0.4, 0.5) is 21.9 Å². The van der Waals surface area contributed by atoms with Gasteiger partial charge in [0.05, 0.1) is 22.5 Å². The minimum absolute atomic E-state index is 0.346. The van der Waals surface area contributed by atoms with Crippen molar-refractivity contribution in [1.29, 1.82) is 0 Å². The van der Waals surface area contributed by atoms with Crippen LogP contribution in [0.1, 0.15) is 31.1 Å². The quantitative estimate of drug-likeness (QED) is 0.367. The Bertz CT molecular complexity index is 1550. The number of imidazole rings is 1. The van der Waals surface area contributed by atoms with Gasteiger partial charge in [-0.05, 0) is 64.2 Å². The molecule has 3 heterocycles. The predicted molar refractivity (Wildman–Crippen MR) is 158 cm³/mol. The molecule has 2 N–H and O–H groups in total. The number of piperazine rings is 1. The van der Waals surface area contributed by atoms with E-state index in [1.54, 1.807) is 45.3 Å². The summed E-state index contributed by atoms with van der Waals surface area (Å²) in [6, 6.07) is 13.3. The Labute approximate surface area is 234 Å². The fraction of sp³-hybridized carbons (Fsp3) is 0.333. The standard InChI is InChI=1S/C30H35N7O3/c1-30(2,3)40-29(39)34-24-9-7-21(27-31-10-11-36(27)5)17-26(24)33-28(38)22-16-20-6-8-23(18-25(20)32-19-22)37-14-12-35(4)13-15-37/h6-11,16-19H,12-15H2,1-5H3,(H,33,38)(H,34,39). The molecule has 0 saturated carbocycles. The summed E-state index contributed by atoms with van der Waals surface area (Å²) in [4.78, 5) is 39.6. The lowest BCUT2D eigenvalue weighted by molar-refractivity contribution is 0.0635. The van der Waals surface area contributed by atoms with Crippen LogP contribution in [0, 0.1) is 0 Å². The molecular formula is C30H35N7O3. The third kappa shape index (κ3) is 6.23. The number of fused-ring (bicyclic) bond motifs is 1. The van der Waals surface area contributed by atoms with Gasteiger partial charge < -0.3 is 24.4 Å². The van der Waals surface area contributed by atoms with Gasteiger partial charge in [0, 0.05) is 68.5 Å². The van der Waals surface area contributed by atoms with Crippen LogP contribution < -0.4 is 15.5 Å². The van der Waals surface area contributed by atoms with Crippen LogP contribution >= 0.6 is 0 Å². The van der Waals surface area contributed by atoms with Crippen LogP contribution in [-0.4, -0.2) is 70.3 Å². The molecule has 0 unspecified atom stereocenters. The van der Waals surface area contributed by atoms with Gasteiger partial charge >= 0.3 is 6.09 Å². The van der Waals surface area contributed by atoms with Crippen molar-refractivity contribution in [3.63, 3.8) is 0 Å². The molecule has 40 heavy (non-hydrogen) atoms. The van der Waals surface area contributed by atoms with E-state index in [-0.39, 0.29) is 5.91 Å². The number of rotatable bonds is 5. The molecular weight excluding hydrogens is 506 g/mol. The number of aryl methyl sites for hydroxylation is 1. The molecule has 10 heteroatoms. The smallest absolute Gasteiger partial charge is 0.412 e. The second-order valence-electron chi connectivity index (χ2n) is 11.1. The number of hydrogen-bond acceptors (Lipinski definition) is 7. The van der Waals surface area contributed by atoms with Crippen molar-refractivity contribution in [2.24, 2.45) is 7.05 Å². The normalized spacial score (nSPS) is 14.3. The SMILES string of the molecule is CN1CCN(c2ccc3cc(C(=O)Nc4cc(-c5nccn5C)ccc4NC(=O)OC(C)(C)C)cnc3c2)CC1. The topological polar surface area (TPSA) is 105 Å². The molecule has 0 atom stereocenters. The highest BCUT2D eigenvalue weighted by atomic mass is 16.6. The maximum atomic E-state index is 13.4. The molecule has 1 fully saturated rings. The second-order valence-corrected chi connectivity index (χ2v) is 11.1. The molecule has 1 aliphatic heterocycles. The van der Waals surface area contributed by atoms with E-state index >= 15 is 0 Å². The fourth-order valence-corrected chi connectivity index (χ4v) is 4.64. The lowest BCUT2D eigenvalue weighted by Gasteiger charge is -2.34. The van der Waals surface area contributed by atoms with E-state index in [0.29, 0.717) is 16.9 Å². The molecule has 0 radical (unpaired) electrons. The summed E-state index contributed by atoms with van der Waals surface area (Å²) >= 11 is 0. The number of carbonyl (C=O) groups excluding carboxylic acids is 2. The van der Waals surface area contributed by atoms with Crippen molar-refractivity contribution in [2.75, 3.05) is 48.8 Å². The first-order valence-corrected chi connectivity index (χ1v) is 13.3. The lowest BCUT2D eigenvalue weighted by Crippen LogP contribution is -2.44. The molecule has 2 aromatic heterocycles. The first-order valence-electron chi connectivity index (χ1n) is 13.3. The molecule has 1 saturated heterocycles. The van der Waals surface area contributed by atoms with Crippen molar-refractivity contribution in [3.05, 3.63) is 66.6 Å². The summed E-state index contributed by atoms with van der Waals surface area (Å²) in [5.41, 5.74) is 3.32.